The lowest BCUT2D eigenvalue weighted by atomic mass is 9.48. The van der Waals surface area contributed by atoms with Gasteiger partial charge in [-0.15, -0.1) is 0 Å². The molecule has 5 rings (SSSR count). The number of aliphatic hydroxyl groups is 1. The van der Waals surface area contributed by atoms with E-state index in [2.05, 4.69) is 9.72 Å². The van der Waals surface area contributed by atoms with Crippen LogP contribution in [-0.4, -0.2) is 51.1 Å². The van der Waals surface area contributed by atoms with Crippen molar-refractivity contribution in [3.63, 3.8) is 0 Å². The van der Waals surface area contributed by atoms with E-state index in [0.29, 0.717) is 32.1 Å². The Balaban J connectivity index is 1.49. The molecular weight excluding hydrogens is 414 g/mol. The second-order valence-corrected chi connectivity index (χ2v) is 10.1. The number of aromatic nitrogens is 2. The van der Waals surface area contributed by atoms with Gasteiger partial charge in [0.15, 0.2) is 0 Å². The standard InChI is InChI=1S/C17H22F2N2O7S/c18-17(19,29(24,25)26)13(22)27-9-15-4-11-3-12(5-15)7-16(6-11,8-15)28-14(23)21-2-1-20-10-21/h1-2,10-12,14,23H,3-9H2,(H,24,25,26). The smallest absolute Gasteiger partial charge is 0.460 e. The molecule has 4 saturated carbocycles. The number of alkyl halides is 2. The van der Waals surface area contributed by atoms with E-state index in [0.717, 1.165) is 6.42 Å². The van der Waals surface area contributed by atoms with Crippen molar-refractivity contribution in [1.29, 1.82) is 0 Å². The van der Waals surface area contributed by atoms with E-state index in [-0.39, 0.29) is 11.8 Å². The fraction of sp³-hybridized carbons (Fsp3) is 0.765. The summed E-state index contributed by atoms with van der Waals surface area (Å²) in [7, 11) is -5.91. The molecule has 0 spiro atoms. The summed E-state index contributed by atoms with van der Waals surface area (Å²) in [5.74, 6) is -1.83. The third-order valence-electron chi connectivity index (χ3n) is 6.33. The Morgan fingerprint density at radius 1 is 1.31 bits per heavy atom. The number of carbonyl (C=O) groups excluding carboxylic acids is 1. The molecule has 9 nitrogen and oxygen atoms in total. The maximum Gasteiger partial charge on any atom is 0.465 e. The van der Waals surface area contributed by atoms with E-state index in [4.69, 9.17) is 9.29 Å². The molecule has 1 aromatic heterocycles. The third-order valence-corrected chi connectivity index (χ3v) is 7.15. The quantitative estimate of drug-likeness (QED) is 0.376. The van der Waals surface area contributed by atoms with Gasteiger partial charge in [-0.3, -0.25) is 9.12 Å². The van der Waals surface area contributed by atoms with Crippen molar-refractivity contribution in [2.45, 2.75) is 55.8 Å². The lowest BCUT2D eigenvalue weighted by Gasteiger charge is -2.61. The lowest BCUT2D eigenvalue weighted by molar-refractivity contribution is -0.286. The first-order chi connectivity index (χ1) is 13.4. The average molecular weight is 436 g/mol. The number of hydrogen-bond donors (Lipinski definition) is 2. The summed E-state index contributed by atoms with van der Waals surface area (Å²) < 4.78 is 69.2. The highest BCUT2D eigenvalue weighted by atomic mass is 32.2. The number of imidazole rings is 1. The van der Waals surface area contributed by atoms with Crippen LogP contribution in [0.4, 0.5) is 8.78 Å². The van der Waals surface area contributed by atoms with Gasteiger partial charge in [-0.25, -0.2) is 9.78 Å². The maximum absolute atomic E-state index is 13.5. The molecule has 12 heteroatoms. The molecule has 0 radical (unpaired) electrons. The van der Waals surface area contributed by atoms with Gasteiger partial charge in [0.2, 0.25) is 6.41 Å². The molecular formula is C17H22F2N2O7S. The zero-order valence-electron chi connectivity index (χ0n) is 15.4. The Kier molecular flexibility index (Phi) is 4.76. The summed E-state index contributed by atoms with van der Waals surface area (Å²) in [4.78, 5) is 15.5. The van der Waals surface area contributed by atoms with Crippen LogP contribution in [-0.2, 0) is 24.4 Å². The fourth-order valence-electron chi connectivity index (χ4n) is 5.76. The molecule has 3 unspecified atom stereocenters. The number of nitrogens with zero attached hydrogens (tertiary/aromatic N) is 2. The van der Waals surface area contributed by atoms with Crippen molar-refractivity contribution in [1.82, 2.24) is 9.55 Å². The van der Waals surface area contributed by atoms with E-state index < -0.39 is 45.4 Å². The maximum atomic E-state index is 13.5. The van der Waals surface area contributed by atoms with Gasteiger partial charge in [-0.2, -0.15) is 17.2 Å². The van der Waals surface area contributed by atoms with E-state index in [1.807, 2.05) is 0 Å². The molecule has 4 aliphatic rings. The van der Waals surface area contributed by atoms with Crippen molar-refractivity contribution >= 4 is 16.1 Å². The van der Waals surface area contributed by atoms with Crippen LogP contribution in [0.5, 0.6) is 0 Å². The van der Waals surface area contributed by atoms with Crippen LogP contribution in [0.15, 0.2) is 18.7 Å². The molecule has 162 valence electrons. The molecule has 1 aromatic rings. The van der Waals surface area contributed by atoms with E-state index >= 15 is 0 Å². The van der Waals surface area contributed by atoms with E-state index in [1.165, 1.54) is 17.1 Å². The van der Waals surface area contributed by atoms with Crippen LogP contribution >= 0.6 is 0 Å². The first kappa shape index (κ1) is 20.6. The SMILES string of the molecule is O=C(OCC12CC3CC(C1)CC(OC(O)n1ccnc1)(C3)C2)C(F)(F)S(=O)(=O)O. The van der Waals surface area contributed by atoms with E-state index in [1.54, 1.807) is 6.20 Å². The van der Waals surface area contributed by atoms with Gasteiger partial charge in [0.05, 0.1) is 18.5 Å². The van der Waals surface area contributed by atoms with Gasteiger partial charge in [0, 0.05) is 17.8 Å². The molecule has 0 aromatic carbocycles. The summed E-state index contributed by atoms with van der Waals surface area (Å²) >= 11 is 0. The van der Waals surface area contributed by atoms with Gasteiger partial charge in [-0.05, 0) is 50.4 Å². The minimum Gasteiger partial charge on any atom is -0.460 e. The Bertz CT molecular complexity index is 876. The number of carbonyl (C=O) groups is 1. The van der Waals surface area contributed by atoms with Crippen molar-refractivity contribution in [2.75, 3.05) is 6.61 Å². The molecule has 4 aliphatic carbocycles. The largest absolute Gasteiger partial charge is 0.465 e. The van der Waals surface area contributed by atoms with Gasteiger partial charge in [0.25, 0.3) is 0 Å². The number of ether oxygens (including phenoxy) is 2. The van der Waals surface area contributed by atoms with Crippen LogP contribution in [0.3, 0.4) is 0 Å². The van der Waals surface area contributed by atoms with Crippen LogP contribution in [0.25, 0.3) is 0 Å². The van der Waals surface area contributed by atoms with Gasteiger partial charge >= 0.3 is 21.3 Å². The molecule has 29 heavy (non-hydrogen) atoms. The zero-order chi connectivity index (χ0) is 21.1. The molecule has 2 N–H and O–H groups in total. The Morgan fingerprint density at radius 2 is 1.97 bits per heavy atom. The normalized spacial score (nSPS) is 34.9. The van der Waals surface area contributed by atoms with Crippen LogP contribution in [0, 0.1) is 17.3 Å². The summed E-state index contributed by atoms with van der Waals surface area (Å²) in [5.41, 5.74) is -1.32. The topological polar surface area (TPSA) is 128 Å². The molecule has 1 heterocycles. The monoisotopic (exact) mass is 436 g/mol. The summed E-state index contributed by atoms with van der Waals surface area (Å²) in [6.45, 7) is -0.393. The second-order valence-electron chi connectivity index (χ2n) is 8.67. The molecule has 3 atom stereocenters. The predicted octanol–water partition coefficient (Wildman–Crippen LogP) is 1.71. The van der Waals surface area contributed by atoms with Gasteiger partial charge < -0.3 is 14.6 Å². The first-order valence-electron chi connectivity index (χ1n) is 9.29. The minimum absolute atomic E-state index is 0.229. The van der Waals surface area contributed by atoms with Gasteiger partial charge in [0.1, 0.15) is 0 Å². The second kappa shape index (κ2) is 6.69. The summed E-state index contributed by atoms with van der Waals surface area (Å²) in [6, 6.07) is 0. The third kappa shape index (κ3) is 3.66. The highest BCUT2D eigenvalue weighted by Crippen LogP contribution is 2.63. The molecule has 4 fully saturated rings. The summed E-state index contributed by atoms with van der Waals surface area (Å²) in [6.07, 6.45) is 7.24. The summed E-state index contributed by atoms with van der Waals surface area (Å²) in [5, 5.41) is 5.38. The number of esters is 1. The van der Waals surface area contributed by atoms with E-state index in [9.17, 15) is 27.1 Å². The Labute approximate surface area is 165 Å². The van der Waals surface area contributed by atoms with Crippen LogP contribution < -0.4 is 0 Å². The number of hydrogen-bond acceptors (Lipinski definition) is 7. The predicted molar refractivity (Wildman–Crippen MR) is 91.9 cm³/mol. The molecule has 0 saturated heterocycles. The number of halogens is 2. The van der Waals surface area contributed by atoms with Crippen molar-refractivity contribution in [3.8, 4) is 0 Å². The number of rotatable bonds is 7. The van der Waals surface area contributed by atoms with Gasteiger partial charge in [-0.1, -0.05) is 0 Å². The zero-order valence-corrected chi connectivity index (χ0v) is 16.2. The Morgan fingerprint density at radius 3 is 2.52 bits per heavy atom. The van der Waals surface area contributed by atoms with Crippen molar-refractivity contribution in [2.24, 2.45) is 17.3 Å². The van der Waals surface area contributed by atoms with Crippen LogP contribution in [0.1, 0.15) is 44.9 Å². The lowest BCUT2D eigenvalue weighted by Crippen LogP contribution is -2.59. The molecule has 0 aliphatic heterocycles. The molecule has 0 amide bonds. The van der Waals surface area contributed by atoms with Crippen molar-refractivity contribution in [3.05, 3.63) is 18.7 Å². The highest BCUT2D eigenvalue weighted by molar-refractivity contribution is 7.87. The minimum atomic E-state index is -5.91. The molecule has 4 bridgehead atoms. The average Bonchev–Trinajstić information content (AvgIpc) is 3.12. The highest BCUT2D eigenvalue weighted by Gasteiger charge is 2.60. The van der Waals surface area contributed by atoms with Crippen molar-refractivity contribution < 1.29 is 41.1 Å². The Hall–Kier alpha value is -1.63. The fourth-order valence-corrected chi connectivity index (χ4v) is 6.03. The first-order valence-corrected chi connectivity index (χ1v) is 10.7. The number of aliphatic hydroxyl groups excluding tert-OH is 1. The van der Waals surface area contributed by atoms with Crippen LogP contribution in [0.2, 0.25) is 0 Å².